The molecule has 5 nitrogen and oxygen atoms in total. The van der Waals surface area contributed by atoms with Crippen molar-refractivity contribution in [2.75, 3.05) is 6.61 Å². The number of hydrogen-bond donors (Lipinski definition) is 4. The van der Waals surface area contributed by atoms with Crippen molar-refractivity contribution in [2.24, 2.45) is 0 Å². The first-order valence-electron chi connectivity index (χ1n) is 6.80. The maximum absolute atomic E-state index is 10.0. The predicted molar refractivity (Wildman–Crippen MR) is 73.4 cm³/mol. The first kappa shape index (κ1) is 33.4. The van der Waals surface area contributed by atoms with E-state index in [2.05, 4.69) is 6.07 Å². The van der Waals surface area contributed by atoms with Gasteiger partial charge in [0.05, 0.1) is 12.7 Å². The fourth-order valence-electron chi connectivity index (χ4n) is 2.77. The van der Waals surface area contributed by atoms with Crippen LogP contribution in [0.3, 0.4) is 0 Å². The van der Waals surface area contributed by atoms with Gasteiger partial charge in [0.25, 0.3) is 0 Å². The van der Waals surface area contributed by atoms with Gasteiger partial charge in [0, 0.05) is 183 Å². The second-order valence-electron chi connectivity index (χ2n) is 5.57. The standard InChI is InChI=1S/C15H22O5.4Ac/c1-8-3-9(2)5-10(4-8)6-11-13(17)15(19)14(18)12(7-16)20-11;;;;/h3-5,11-19H,6-7H2,1-2H3;;;;. The van der Waals surface area contributed by atoms with E-state index in [4.69, 9.17) is 9.84 Å². The van der Waals surface area contributed by atoms with Gasteiger partial charge in [0.1, 0.15) is 24.4 Å². The van der Waals surface area contributed by atoms with Crippen LogP contribution < -0.4 is 0 Å². The fraction of sp³-hybridized carbons (Fsp3) is 0.600. The largest absolute Gasteiger partial charge is 0.394 e. The van der Waals surface area contributed by atoms with Crippen LogP contribution in [0.4, 0.5) is 0 Å². The van der Waals surface area contributed by atoms with E-state index in [1.54, 1.807) is 0 Å². The first-order chi connectivity index (χ1) is 9.42. The summed E-state index contributed by atoms with van der Waals surface area (Å²) in [4.78, 5) is 0. The Labute approximate surface area is 286 Å². The van der Waals surface area contributed by atoms with Gasteiger partial charge in [-0.15, -0.1) is 0 Å². The molecule has 0 aromatic heterocycles. The van der Waals surface area contributed by atoms with Crippen LogP contribution in [0, 0.1) is 190 Å². The number of hydrogen-bond acceptors (Lipinski definition) is 5. The van der Waals surface area contributed by atoms with Gasteiger partial charge in [0.2, 0.25) is 0 Å². The van der Waals surface area contributed by atoms with Crippen LogP contribution in [-0.2, 0) is 11.2 Å². The van der Waals surface area contributed by atoms with Crippen molar-refractivity contribution in [1.29, 1.82) is 0 Å². The van der Waals surface area contributed by atoms with Crippen LogP contribution in [0.15, 0.2) is 18.2 Å². The molecule has 0 amide bonds. The summed E-state index contributed by atoms with van der Waals surface area (Å²) in [6.45, 7) is 3.59. The Hall–Kier alpha value is 4.79. The zero-order valence-electron chi connectivity index (χ0n) is 14.0. The zero-order valence-corrected chi connectivity index (χ0v) is 33.0. The van der Waals surface area contributed by atoms with Crippen molar-refractivity contribution in [2.45, 2.75) is 50.8 Å². The topological polar surface area (TPSA) is 90.2 Å². The molecular weight excluding hydrogens is 1170 g/mol. The molecule has 1 fully saturated rings. The monoisotopic (exact) mass is 1190 g/mol. The SMILES string of the molecule is Cc1cc(C)cc(CC2OC(CO)C(O)C(O)C2O)c1.[Ac].[Ac].[Ac].[Ac]. The third kappa shape index (κ3) is 9.73. The number of aryl methyl sites for hydroxylation is 2. The Morgan fingerprint density at radius 2 is 1.25 bits per heavy atom. The molecule has 1 aromatic carbocycles. The Kier molecular flexibility index (Phi) is 22.9. The second kappa shape index (κ2) is 16.5. The predicted octanol–water partition coefficient (Wildman–Crippen LogP) is -0.312. The molecule has 5 unspecified atom stereocenters. The van der Waals surface area contributed by atoms with E-state index in [1.165, 1.54) is 0 Å². The Bertz CT molecular complexity index is 455. The van der Waals surface area contributed by atoms with E-state index in [0.717, 1.165) is 16.7 Å². The van der Waals surface area contributed by atoms with E-state index in [9.17, 15) is 15.3 Å². The summed E-state index contributed by atoms with van der Waals surface area (Å²) in [5.74, 6) is 0. The van der Waals surface area contributed by atoms with Crippen molar-refractivity contribution in [3.8, 4) is 0 Å². The first-order valence-corrected chi connectivity index (χ1v) is 6.80. The summed E-state index contributed by atoms with van der Waals surface area (Å²) < 4.78 is 5.50. The van der Waals surface area contributed by atoms with E-state index in [1.807, 2.05) is 26.0 Å². The van der Waals surface area contributed by atoms with Gasteiger partial charge >= 0.3 is 0 Å². The molecule has 4 N–H and O–H groups in total. The molecular formula is C15H22Ac4O5. The molecule has 5 atom stereocenters. The zero-order chi connectivity index (χ0) is 14.9. The van der Waals surface area contributed by atoms with Gasteiger partial charge < -0.3 is 25.2 Å². The smallest absolute Gasteiger partial charge is 0.111 e. The molecule has 124 valence electrons. The third-order valence-corrected chi connectivity index (χ3v) is 3.71. The molecule has 2 rings (SSSR count). The van der Waals surface area contributed by atoms with Crippen LogP contribution in [0.2, 0.25) is 0 Å². The summed E-state index contributed by atoms with van der Waals surface area (Å²) in [5, 5.41) is 38.7. The van der Waals surface area contributed by atoms with Crippen LogP contribution in [0.1, 0.15) is 16.7 Å². The second-order valence-corrected chi connectivity index (χ2v) is 5.57. The average Bonchev–Trinajstić information content (AvgIpc) is 2.38. The third-order valence-electron chi connectivity index (χ3n) is 3.71. The molecule has 0 aliphatic carbocycles. The summed E-state index contributed by atoms with van der Waals surface area (Å²) in [5.41, 5.74) is 3.22. The van der Waals surface area contributed by atoms with Crippen molar-refractivity contribution in [3.05, 3.63) is 34.9 Å². The molecule has 0 saturated carbocycles. The molecule has 0 spiro atoms. The number of aliphatic hydroxyl groups excluding tert-OH is 4. The maximum Gasteiger partial charge on any atom is 0.111 e. The van der Waals surface area contributed by atoms with Gasteiger partial charge in [-0.25, -0.2) is 0 Å². The normalized spacial score (nSPS) is 28.5. The van der Waals surface area contributed by atoms with E-state index < -0.39 is 37.1 Å². The molecule has 1 aromatic rings. The van der Waals surface area contributed by atoms with Crippen LogP contribution in [0.5, 0.6) is 0 Å². The van der Waals surface area contributed by atoms with Gasteiger partial charge in [-0.3, -0.25) is 0 Å². The number of benzene rings is 1. The van der Waals surface area contributed by atoms with Crippen LogP contribution >= 0.6 is 0 Å². The van der Waals surface area contributed by atoms with Gasteiger partial charge in [-0.05, 0) is 19.4 Å². The molecule has 1 saturated heterocycles. The minimum Gasteiger partial charge on any atom is -0.394 e. The Morgan fingerprint density at radius 3 is 1.71 bits per heavy atom. The van der Waals surface area contributed by atoms with Crippen molar-refractivity contribution >= 4 is 0 Å². The van der Waals surface area contributed by atoms with Gasteiger partial charge in [0.15, 0.2) is 0 Å². The molecule has 0 bridgehead atoms. The van der Waals surface area contributed by atoms with Gasteiger partial charge in [-0.1, -0.05) is 29.3 Å². The van der Waals surface area contributed by atoms with Crippen LogP contribution in [0.25, 0.3) is 0 Å². The quantitative estimate of drug-likeness (QED) is 0.334. The molecule has 9 heteroatoms. The molecule has 1 aliphatic rings. The van der Waals surface area contributed by atoms with Crippen molar-refractivity contribution < 1.29 is 201 Å². The summed E-state index contributed by atoms with van der Waals surface area (Å²) >= 11 is 0. The molecule has 24 heavy (non-hydrogen) atoms. The maximum atomic E-state index is 10.0. The number of rotatable bonds is 3. The summed E-state index contributed by atoms with van der Waals surface area (Å²) in [6, 6.07) is 6.04. The van der Waals surface area contributed by atoms with Crippen LogP contribution in [-0.4, -0.2) is 57.6 Å². The minimum atomic E-state index is -1.31. The van der Waals surface area contributed by atoms with E-state index >= 15 is 0 Å². The Morgan fingerprint density at radius 1 is 0.792 bits per heavy atom. The molecule has 1 heterocycles. The van der Waals surface area contributed by atoms with Gasteiger partial charge in [-0.2, -0.15) is 0 Å². The molecule has 1 aliphatic heterocycles. The average molecular weight is 1190 g/mol. The molecule has 4 radical (unpaired) electrons. The van der Waals surface area contributed by atoms with Crippen molar-refractivity contribution in [1.82, 2.24) is 0 Å². The Balaban J connectivity index is -0.00000110. The fourth-order valence-corrected chi connectivity index (χ4v) is 2.77. The summed E-state index contributed by atoms with van der Waals surface area (Å²) in [6.07, 6.45) is -4.85. The van der Waals surface area contributed by atoms with E-state index in [-0.39, 0.29) is 176 Å². The van der Waals surface area contributed by atoms with Crippen molar-refractivity contribution in [3.63, 3.8) is 0 Å². The number of aliphatic hydroxyl groups is 4. The summed E-state index contributed by atoms with van der Waals surface area (Å²) in [7, 11) is 0. The minimum absolute atomic E-state index is 0. The number of ether oxygens (including phenoxy) is 1. The van der Waals surface area contributed by atoms with E-state index in [0.29, 0.717) is 6.42 Å².